The van der Waals surface area contributed by atoms with E-state index in [9.17, 15) is 9.59 Å². The molecule has 0 radical (unpaired) electrons. The number of benzene rings is 1. The number of primary amides is 1. The van der Waals surface area contributed by atoms with Crippen molar-refractivity contribution < 1.29 is 14.3 Å². The normalized spacial score (nSPS) is 16.5. The topological polar surface area (TPSA) is 125 Å². The summed E-state index contributed by atoms with van der Waals surface area (Å²) in [6, 6.07) is 7.19. The van der Waals surface area contributed by atoms with E-state index in [1.165, 1.54) is 4.57 Å². The molecule has 1 aromatic carbocycles. The van der Waals surface area contributed by atoms with E-state index in [2.05, 4.69) is 15.0 Å². The molecular formula is C19H21N5O4. The SMILES string of the molecule is CCOc1ccc(-c2nc(C(N)=O)c3[nH]c(=O)n(CC4CCCO4)c3n2)cc1. The number of hydrogen-bond acceptors (Lipinski definition) is 6. The number of hydrogen-bond donors (Lipinski definition) is 2. The molecule has 1 amide bonds. The molecule has 146 valence electrons. The summed E-state index contributed by atoms with van der Waals surface area (Å²) in [7, 11) is 0. The standard InChI is InChI=1S/C19H21N5O4/c1-2-27-12-7-5-11(6-8-12)17-21-14(16(20)25)15-18(23-17)24(19(26)22-15)10-13-4-3-9-28-13/h5-8,13H,2-4,9-10H2,1H3,(H2,20,25)(H,22,26). The molecule has 1 saturated heterocycles. The van der Waals surface area contributed by atoms with E-state index in [-0.39, 0.29) is 23.0 Å². The van der Waals surface area contributed by atoms with Gasteiger partial charge < -0.3 is 20.2 Å². The Morgan fingerprint density at radius 3 is 2.79 bits per heavy atom. The third kappa shape index (κ3) is 3.36. The number of nitrogens with two attached hydrogens (primary N) is 1. The maximum Gasteiger partial charge on any atom is 0.327 e. The zero-order valence-electron chi connectivity index (χ0n) is 15.5. The molecule has 3 heterocycles. The molecule has 0 aliphatic carbocycles. The number of amides is 1. The van der Waals surface area contributed by atoms with Crippen molar-refractivity contribution in [2.75, 3.05) is 13.2 Å². The average Bonchev–Trinajstić information content (AvgIpc) is 3.30. The van der Waals surface area contributed by atoms with E-state index in [1.807, 2.05) is 6.92 Å². The number of nitrogens with one attached hydrogen (secondary N) is 1. The first-order chi connectivity index (χ1) is 13.6. The van der Waals surface area contributed by atoms with Crippen LogP contribution >= 0.6 is 0 Å². The molecule has 0 bridgehead atoms. The van der Waals surface area contributed by atoms with Gasteiger partial charge in [0.25, 0.3) is 5.91 Å². The van der Waals surface area contributed by atoms with Gasteiger partial charge in [0.2, 0.25) is 0 Å². The summed E-state index contributed by atoms with van der Waals surface area (Å²) < 4.78 is 12.6. The van der Waals surface area contributed by atoms with Crippen molar-refractivity contribution in [1.82, 2.24) is 19.5 Å². The lowest BCUT2D eigenvalue weighted by atomic mass is 10.2. The van der Waals surface area contributed by atoms with Crippen LogP contribution in [0.2, 0.25) is 0 Å². The number of imidazole rings is 1. The van der Waals surface area contributed by atoms with Gasteiger partial charge in [-0.25, -0.2) is 14.8 Å². The van der Waals surface area contributed by atoms with E-state index in [0.29, 0.717) is 36.8 Å². The third-order valence-corrected chi connectivity index (χ3v) is 4.69. The van der Waals surface area contributed by atoms with Gasteiger partial charge in [0.1, 0.15) is 11.3 Å². The molecule has 1 unspecified atom stereocenters. The quantitative estimate of drug-likeness (QED) is 0.664. The van der Waals surface area contributed by atoms with Gasteiger partial charge in [0.15, 0.2) is 17.2 Å². The summed E-state index contributed by atoms with van der Waals surface area (Å²) in [6.45, 7) is 3.51. The van der Waals surface area contributed by atoms with Crippen LogP contribution in [0.1, 0.15) is 30.3 Å². The molecular weight excluding hydrogens is 362 g/mol. The van der Waals surface area contributed by atoms with Crippen LogP contribution in [-0.4, -0.2) is 44.7 Å². The number of rotatable bonds is 6. The molecule has 3 N–H and O–H groups in total. The first kappa shape index (κ1) is 18.2. The largest absolute Gasteiger partial charge is 0.494 e. The lowest BCUT2D eigenvalue weighted by Gasteiger charge is -2.11. The Hall–Kier alpha value is -3.20. The summed E-state index contributed by atoms with van der Waals surface area (Å²) in [5.41, 5.74) is 6.39. The first-order valence-electron chi connectivity index (χ1n) is 9.22. The second-order valence-corrected chi connectivity index (χ2v) is 6.59. The van der Waals surface area contributed by atoms with Crippen molar-refractivity contribution in [3.05, 3.63) is 40.4 Å². The highest BCUT2D eigenvalue weighted by atomic mass is 16.5. The Labute approximate surface area is 160 Å². The zero-order valence-corrected chi connectivity index (χ0v) is 15.5. The zero-order chi connectivity index (χ0) is 19.7. The van der Waals surface area contributed by atoms with Gasteiger partial charge in [-0.05, 0) is 44.0 Å². The number of carbonyl (C=O) groups excluding carboxylic acids is 1. The first-order valence-corrected chi connectivity index (χ1v) is 9.22. The predicted octanol–water partition coefficient (Wildman–Crippen LogP) is 1.46. The van der Waals surface area contributed by atoms with Crippen molar-refractivity contribution in [3.63, 3.8) is 0 Å². The van der Waals surface area contributed by atoms with Crippen molar-refractivity contribution in [3.8, 4) is 17.1 Å². The number of nitrogens with zero attached hydrogens (tertiary/aromatic N) is 3. The molecule has 1 fully saturated rings. The molecule has 9 heteroatoms. The van der Waals surface area contributed by atoms with Gasteiger partial charge in [-0.2, -0.15) is 0 Å². The lowest BCUT2D eigenvalue weighted by Crippen LogP contribution is -2.24. The Bertz CT molecular complexity index is 1060. The van der Waals surface area contributed by atoms with E-state index >= 15 is 0 Å². The van der Waals surface area contributed by atoms with Crippen LogP contribution in [0.5, 0.6) is 5.75 Å². The smallest absolute Gasteiger partial charge is 0.327 e. The minimum Gasteiger partial charge on any atom is -0.494 e. The van der Waals surface area contributed by atoms with Crippen LogP contribution in [0.4, 0.5) is 0 Å². The van der Waals surface area contributed by atoms with Gasteiger partial charge in [-0.15, -0.1) is 0 Å². The van der Waals surface area contributed by atoms with Crippen LogP contribution in [-0.2, 0) is 11.3 Å². The summed E-state index contributed by atoms with van der Waals surface area (Å²) in [5.74, 6) is 0.300. The Balaban J connectivity index is 1.82. The molecule has 0 saturated carbocycles. The Kier molecular flexibility index (Phi) is 4.82. The highest BCUT2D eigenvalue weighted by molar-refractivity contribution is 6.01. The van der Waals surface area contributed by atoms with Crippen LogP contribution in [0.15, 0.2) is 29.1 Å². The summed E-state index contributed by atoms with van der Waals surface area (Å²) >= 11 is 0. The number of aromatic nitrogens is 4. The Morgan fingerprint density at radius 1 is 1.36 bits per heavy atom. The second-order valence-electron chi connectivity index (χ2n) is 6.59. The van der Waals surface area contributed by atoms with Gasteiger partial charge >= 0.3 is 5.69 Å². The fraction of sp³-hybridized carbons (Fsp3) is 0.368. The molecule has 1 atom stereocenters. The number of fused-ring (bicyclic) bond motifs is 1. The fourth-order valence-corrected chi connectivity index (χ4v) is 3.37. The Morgan fingerprint density at radius 2 is 2.14 bits per heavy atom. The average molecular weight is 383 g/mol. The van der Waals surface area contributed by atoms with Crippen molar-refractivity contribution in [2.24, 2.45) is 5.73 Å². The molecule has 28 heavy (non-hydrogen) atoms. The van der Waals surface area contributed by atoms with Crippen molar-refractivity contribution >= 4 is 17.1 Å². The van der Waals surface area contributed by atoms with Gasteiger partial charge in [-0.1, -0.05) is 0 Å². The summed E-state index contributed by atoms with van der Waals surface area (Å²) in [5, 5.41) is 0. The van der Waals surface area contributed by atoms with E-state index in [4.69, 9.17) is 15.2 Å². The summed E-state index contributed by atoms with van der Waals surface area (Å²) in [6.07, 6.45) is 1.77. The number of H-pyrrole nitrogens is 1. The monoisotopic (exact) mass is 383 g/mol. The highest BCUT2D eigenvalue weighted by Crippen LogP contribution is 2.23. The molecule has 9 nitrogen and oxygen atoms in total. The molecule has 3 aromatic rings. The predicted molar refractivity (Wildman–Crippen MR) is 102 cm³/mol. The maximum atomic E-state index is 12.5. The van der Waals surface area contributed by atoms with E-state index in [1.54, 1.807) is 24.3 Å². The van der Waals surface area contributed by atoms with Crippen molar-refractivity contribution in [1.29, 1.82) is 0 Å². The number of aromatic amines is 1. The minimum atomic E-state index is -0.731. The lowest BCUT2D eigenvalue weighted by molar-refractivity contribution is 0.0970. The van der Waals surface area contributed by atoms with Gasteiger partial charge in [0.05, 0.1) is 19.3 Å². The van der Waals surface area contributed by atoms with Gasteiger partial charge in [-0.3, -0.25) is 9.36 Å². The van der Waals surface area contributed by atoms with E-state index in [0.717, 1.165) is 18.6 Å². The van der Waals surface area contributed by atoms with Crippen LogP contribution in [0.25, 0.3) is 22.6 Å². The summed E-state index contributed by atoms with van der Waals surface area (Å²) in [4.78, 5) is 35.9. The fourth-order valence-electron chi connectivity index (χ4n) is 3.37. The molecule has 2 aromatic heterocycles. The van der Waals surface area contributed by atoms with Crippen LogP contribution in [0.3, 0.4) is 0 Å². The second kappa shape index (κ2) is 7.43. The van der Waals surface area contributed by atoms with Gasteiger partial charge in [0, 0.05) is 12.2 Å². The van der Waals surface area contributed by atoms with E-state index < -0.39 is 5.91 Å². The maximum absolute atomic E-state index is 12.5. The minimum absolute atomic E-state index is 0.0166. The highest BCUT2D eigenvalue weighted by Gasteiger charge is 2.23. The van der Waals surface area contributed by atoms with Crippen LogP contribution < -0.4 is 16.2 Å². The molecule has 0 spiro atoms. The molecule has 4 rings (SSSR count). The third-order valence-electron chi connectivity index (χ3n) is 4.69. The number of ether oxygens (including phenoxy) is 2. The molecule has 1 aliphatic rings. The van der Waals surface area contributed by atoms with Crippen molar-refractivity contribution in [2.45, 2.75) is 32.4 Å². The van der Waals surface area contributed by atoms with Crippen LogP contribution in [0, 0.1) is 0 Å². The molecule has 1 aliphatic heterocycles. The number of carbonyl (C=O) groups is 1.